The van der Waals surface area contributed by atoms with Gasteiger partial charge in [-0.15, -0.1) is 12.4 Å². The van der Waals surface area contributed by atoms with Gasteiger partial charge in [0.05, 0.1) is 0 Å². The van der Waals surface area contributed by atoms with Crippen LogP contribution in [0.25, 0.3) is 0 Å². The molecule has 0 radical (unpaired) electrons. The van der Waals surface area contributed by atoms with E-state index in [4.69, 9.17) is 0 Å². The molecule has 5 heteroatoms. The van der Waals surface area contributed by atoms with Gasteiger partial charge in [-0.05, 0) is 50.0 Å². The molecule has 0 spiro atoms. The molecule has 0 aliphatic carbocycles. The van der Waals surface area contributed by atoms with Crippen LogP contribution in [0.2, 0.25) is 0 Å². The van der Waals surface area contributed by atoms with E-state index in [1.54, 1.807) is 12.1 Å². The lowest BCUT2D eigenvalue weighted by atomic mass is 9.97. The molecule has 0 bridgehead atoms. The van der Waals surface area contributed by atoms with Crippen LogP contribution in [0.4, 0.5) is 4.39 Å². The third-order valence-corrected chi connectivity index (χ3v) is 3.34. The van der Waals surface area contributed by atoms with Gasteiger partial charge in [0.2, 0.25) is 5.91 Å². The molecule has 0 aromatic heterocycles. The summed E-state index contributed by atoms with van der Waals surface area (Å²) < 4.78 is 12.7. The van der Waals surface area contributed by atoms with Gasteiger partial charge in [-0.3, -0.25) is 4.79 Å². The highest BCUT2D eigenvalue weighted by molar-refractivity contribution is 5.85. The van der Waals surface area contributed by atoms with Crippen molar-refractivity contribution >= 4 is 18.3 Å². The Balaban J connectivity index is 0.00000180. The van der Waals surface area contributed by atoms with E-state index in [2.05, 4.69) is 10.6 Å². The fourth-order valence-corrected chi connectivity index (χ4v) is 2.21. The van der Waals surface area contributed by atoms with E-state index in [9.17, 15) is 9.18 Å². The van der Waals surface area contributed by atoms with Crippen molar-refractivity contribution in [1.82, 2.24) is 10.6 Å². The summed E-state index contributed by atoms with van der Waals surface area (Å²) in [6.45, 7) is 2.47. The number of benzene rings is 1. The standard InChI is InChI=1S/C14H19FN2O.ClH/c15-13-3-1-11(2-4-13)5-10-17-14(18)12-6-8-16-9-7-12;/h1-4,12,16H,5-10H2,(H,17,18);1H. The number of carbonyl (C=O) groups excluding carboxylic acids is 1. The second-order valence-electron chi connectivity index (χ2n) is 4.69. The predicted octanol–water partition coefficient (Wildman–Crippen LogP) is 1.91. The Bertz CT molecular complexity index is 391. The van der Waals surface area contributed by atoms with Crippen LogP contribution in [0, 0.1) is 11.7 Å². The van der Waals surface area contributed by atoms with Gasteiger partial charge in [-0.25, -0.2) is 4.39 Å². The van der Waals surface area contributed by atoms with Crippen LogP contribution < -0.4 is 10.6 Å². The van der Waals surface area contributed by atoms with Crippen LogP contribution >= 0.6 is 12.4 Å². The van der Waals surface area contributed by atoms with E-state index in [0.29, 0.717) is 6.54 Å². The van der Waals surface area contributed by atoms with Crippen LogP contribution in [0.5, 0.6) is 0 Å². The highest BCUT2D eigenvalue weighted by Crippen LogP contribution is 2.11. The average molecular weight is 287 g/mol. The molecule has 1 aliphatic heterocycles. The SMILES string of the molecule is Cl.O=C(NCCc1ccc(F)cc1)C1CCNCC1. The molecule has 2 rings (SSSR count). The van der Waals surface area contributed by atoms with E-state index < -0.39 is 0 Å². The number of halogens is 2. The normalized spacial score (nSPS) is 15.6. The first kappa shape index (κ1) is 15.9. The van der Waals surface area contributed by atoms with Crippen LogP contribution in [-0.4, -0.2) is 25.5 Å². The maximum absolute atomic E-state index is 12.7. The molecule has 0 atom stereocenters. The monoisotopic (exact) mass is 286 g/mol. The Morgan fingerprint density at radius 3 is 2.53 bits per heavy atom. The first-order valence-electron chi connectivity index (χ1n) is 6.48. The molecule has 1 saturated heterocycles. The van der Waals surface area contributed by atoms with Gasteiger partial charge in [-0.2, -0.15) is 0 Å². The van der Waals surface area contributed by atoms with Crippen molar-refractivity contribution in [2.24, 2.45) is 5.92 Å². The van der Waals surface area contributed by atoms with Gasteiger partial charge in [0, 0.05) is 12.5 Å². The molecular formula is C14H20ClFN2O. The van der Waals surface area contributed by atoms with Crippen molar-refractivity contribution < 1.29 is 9.18 Å². The smallest absolute Gasteiger partial charge is 0.223 e. The van der Waals surface area contributed by atoms with Gasteiger partial charge in [0.25, 0.3) is 0 Å². The topological polar surface area (TPSA) is 41.1 Å². The summed E-state index contributed by atoms with van der Waals surface area (Å²) in [6, 6.07) is 6.41. The molecule has 0 unspecified atom stereocenters. The van der Waals surface area contributed by atoms with Gasteiger partial charge in [-0.1, -0.05) is 12.1 Å². The Morgan fingerprint density at radius 1 is 1.26 bits per heavy atom. The zero-order valence-corrected chi connectivity index (χ0v) is 11.6. The first-order valence-corrected chi connectivity index (χ1v) is 6.48. The van der Waals surface area contributed by atoms with Crippen LogP contribution in [0.1, 0.15) is 18.4 Å². The fraction of sp³-hybridized carbons (Fsp3) is 0.500. The van der Waals surface area contributed by atoms with Crippen LogP contribution in [-0.2, 0) is 11.2 Å². The molecule has 1 fully saturated rings. The number of hydrogen-bond acceptors (Lipinski definition) is 2. The summed E-state index contributed by atoms with van der Waals surface area (Å²) in [5, 5.41) is 6.20. The average Bonchev–Trinajstić information content (AvgIpc) is 2.42. The molecule has 1 aliphatic rings. The van der Waals surface area contributed by atoms with Crippen molar-refractivity contribution in [3.63, 3.8) is 0 Å². The minimum Gasteiger partial charge on any atom is -0.356 e. The lowest BCUT2D eigenvalue weighted by molar-refractivity contribution is -0.125. The number of piperidine rings is 1. The molecule has 1 heterocycles. The Labute approximate surface area is 119 Å². The maximum Gasteiger partial charge on any atom is 0.223 e. The summed E-state index contributed by atoms with van der Waals surface area (Å²) in [6.07, 6.45) is 2.59. The Morgan fingerprint density at radius 2 is 1.89 bits per heavy atom. The van der Waals surface area contributed by atoms with Gasteiger partial charge >= 0.3 is 0 Å². The summed E-state index contributed by atoms with van der Waals surface area (Å²) >= 11 is 0. The predicted molar refractivity (Wildman–Crippen MR) is 76.0 cm³/mol. The van der Waals surface area contributed by atoms with E-state index in [0.717, 1.165) is 37.9 Å². The third-order valence-electron chi connectivity index (χ3n) is 3.34. The van der Waals surface area contributed by atoms with Crippen molar-refractivity contribution in [1.29, 1.82) is 0 Å². The molecule has 19 heavy (non-hydrogen) atoms. The first-order chi connectivity index (χ1) is 8.75. The van der Waals surface area contributed by atoms with E-state index in [-0.39, 0.29) is 30.0 Å². The van der Waals surface area contributed by atoms with Crippen molar-refractivity contribution in [3.05, 3.63) is 35.6 Å². The number of hydrogen-bond donors (Lipinski definition) is 2. The van der Waals surface area contributed by atoms with Crippen molar-refractivity contribution in [3.8, 4) is 0 Å². The Hall–Kier alpha value is -1.13. The lowest BCUT2D eigenvalue weighted by Gasteiger charge is -2.21. The minimum atomic E-state index is -0.225. The number of carbonyl (C=O) groups is 1. The second kappa shape index (κ2) is 8.12. The quantitative estimate of drug-likeness (QED) is 0.888. The zero-order valence-electron chi connectivity index (χ0n) is 10.8. The summed E-state index contributed by atoms with van der Waals surface area (Å²) in [7, 11) is 0. The molecule has 106 valence electrons. The summed E-state index contributed by atoms with van der Waals surface area (Å²) in [4.78, 5) is 11.8. The third kappa shape index (κ3) is 5.17. The molecule has 1 aromatic carbocycles. The minimum absolute atomic E-state index is 0. The lowest BCUT2D eigenvalue weighted by Crippen LogP contribution is -2.38. The van der Waals surface area contributed by atoms with Crippen LogP contribution in [0.15, 0.2) is 24.3 Å². The van der Waals surface area contributed by atoms with E-state index >= 15 is 0 Å². The van der Waals surface area contributed by atoms with Gasteiger partial charge in [0.1, 0.15) is 5.82 Å². The molecule has 1 amide bonds. The van der Waals surface area contributed by atoms with Crippen LogP contribution in [0.3, 0.4) is 0 Å². The fourth-order valence-electron chi connectivity index (χ4n) is 2.21. The Kier molecular flexibility index (Phi) is 6.81. The number of rotatable bonds is 4. The molecule has 2 N–H and O–H groups in total. The largest absolute Gasteiger partial charge is 0.356 e. The highest BCUT2D eigenvalue weighted by atomic mass is 35.5. The second-order valence-corrected chi connectivity index (χ2v) is 4.69. The van der Waals surface area contributed by atoms with Gasteiger partial charge < -0.3 is 10.6 Å². The number of nitrogens with one attached hydrogen (secondary N) is 2. The van der Waals surface area contributed by atoms with Crippen molar-refractivity contribution in [2.45, 2.75) is 19.3 Å². The molecule has 0 saturated carbocycles. The van der Waals surface area contributed by atoms with E-state index in [1.165, 1.54) is 12.1 Å². The molecule has 3 nitrogen and oxygen atoms in total. The van der Waals surface area contributed by atoms with Crippen molar-refractivity contribution in [2.75, 3.05) is 19.6 Å². The maximum atomic E-state index is 12.7. The van der Waals surface area contributed by atoms with Gasteiger partial charge in [0.15, 0.2) is 0 Å². The zero-order chi connectivity index (χ0) is 12.8. The van der Waals surface area contributed by atoms with E-state index in [1.807, 2.05) is 0 Å². The highest BCUT2D eigenvalue weighted by Gasteiger charge is 2.19. The summed E-state index contributed by atoms with van der Waals surface area (Å²) in [5.74, 6) is 0.0792. The summed E-state index contributed by atoms with van der Waals surface area (Å²) in [5.41, 5.74) is 1.04. The molecular weight excluding hydrogens is 267 g/mol. The number of amides is 1. The molecule has 1 aromatic rings.